The third-order valence-electron chi connectivity index (χ3n) is 2.08. The average Bonchev–Trinajstić information content (AvgIpc) is 2.65. The van der Waals surface area contributed by atoms with Crippen molar-refractivity contribution in [2.24, 2.45) is 0 Å². The number of hydrogen-bond donors (Lipinski definition) is 1. The molecule has 0 saturated heterocycles. The van der Waals surface area contributed by atoms with Crippen LogP contribution in [0, 0.1) is 0 Å². The summed E-state index contributed by atoms with van der Waals surface area (Å²) in [5.74, 6) is -0.277. The third-order valence-corrected chi connectivity index (χ3v) is 2.08. The summed E-state index contributed by atoms with van der Waals surface area (Å²) in [5, 5.41) is 1.02. The first kappa shape index (κ1) is 8.81. The normalized spacial score (nSPS) is 10.4. The van der Waals surface area contributed by atoms with Crippen LogP contribution in [-0.4, -0.2) is 17.6 Å². The quantitative estimate of drug-likeness (QED) is 0.737. The molecule has 3 nitrogen and oxygen atoms in total. The second kappa shape index (κ2) is 3.54. The van der Waals surface area contributed by atoms with Crippen LogP contribution in [-0.2, 0) is 4.74 Å². The Kier molecular flexibility index (Phi) is 2.23. The highest BCUT2D eigenvalue weighted by Crippen LogP contribution is 2.17. The molecule has 0 radical (unpaired) electrons. The highest BCUT2D eigenvalue weighted by Gasteiger charge is 2.10. The number of fused-ring (bicyclic) bond motifs is 1. The minimum Gasteiger partial charge on any atom is -0.462 e. The molecule has 0 aliphatic carbocycles. The van der Waals surface area contributed by atoms with Crippen molar-refractivity contribution in [3.8, 4) is 0 Å². The molecule has 0 bridgehead atoms. The van der Waals surface area contributed by atoms with Crippen LogP contribution in [0.25, 0.3) is 10.9 Å². The van der Waals surface area contributed by atoms with Crippen molar-refractivity contribution in [3.63, 3.8) is 0 Å². The predicted molar refractivity (Wildman–Crippen MR) is 54.3 cm³/mol. The standard InChI is InChI=1S/C11H11NO2/c1-2-14-11(13)9-5-3-4-8-6-7-12-10(8)9/h3-7,12H,2H2,1H3. The van der Waals surface area contributed by atoms with Crippen molar-refractivity contribution >= 4 is 16.9 Å². The van der Waals surface area contributed by atoms with Crippen LogP contribution in [0.3, 0.4) is 0 Å². The molecule has 1 heterocycles. The van der Waals surface area contributed by atoms with Crippen LogP contribution >= 0.6 is 0 Å². The summed E-state index contributed by atoms with van der Waals surface area (Å²) in [6.45, 7) is 2.20. The Morgan fingerprint density at radius 2 is 2.29 bits per heavy atom. The maximum Gasteiger partial charge on any atom is 0.340 e. The zero-order valence-corrected chi connectivity index (χ0v) is 7.91. The van der Waals surface area contributed by atoms with Gasteiger partial charge in [-0.1, -0.05) is 12.1 Å². The summed E-state index contributed by atoms with van der Waals surface area (Å²) in [6.07, 6.45) is 1.81. The number of aromatic amines is 1. The average molecular weight is 189 g/mol. The van der Waals surface area contributed by atoms with E-state index < -0.39 is 0 Å². The van der Waals surface area contributed by atoms with Gasteiger partial charge in [-0.05, 0) is 19.1 Å². The summed E-state index contributed by atoms with van der Waals surface area (Å²) >= 11 is 0. The van der Waals surface area contributed by atoms with Crippen LogP contribution in [0.15, 0.2) is 30.5 Å². The first-order valence-corrected chi connectivity index (χ1v) is 4.56. The number of H-pyrrole nitrogens is 1. The number of esters is 1. The van der Waals surface area contributed by atoms with Crippen LogP contribution in [0.2, 0.25) is 0 Å². The van der Waals surface area contributed by atoms with Crippen molar-refractivity contribution in [1.82, 2.24) is 4.98 Å². The van der Waals surface area contributed by atoms with Gasteiger partial charge in [0, 0.05) is 11.6 Å². The summed E-state index contributed by atoms with van der Waals surface area (Å²) in [5.41, 5.74) is 1.43. The van der Waals surface area contributed by atoms with E-state index in [9.17, 15) is 4.79 Å². The van der Waals surface area contributed by atoms with Crippen LogP contribution < -0.4 is 0 Å². The first-order valence-electron chi connectivity index (χ1n) is 4.56. The molecule has 0 atom stereocenters. The molecule has 14 heavy (non-hydrogen) atoms. The van der Waals surface area contributed by atoms with Gasteiger partial charge in [0.2, 0.25) is 0 Å². The highest BCUT2D eigenvalue weighted by molar-refractivity contribution is 6.02. The SMILES string of the molecule is CCOC(=O)c1cccc2cc[nH]c12. The number of benzene rings is 1. The van der Waals surface area contributed by atoms with E-state index in [0.717, 1.165) is 10.9 Å². The Labute approximate surface area is 81.7 Å². The van der Waals surface area contributed by atoms with Crippen molar-refractivity contribution < 1.29 is 9.53 Å². The van der Waals surface area contributed by atoms with Gasteiger partial charge in [0.25, 0.3) is 0 Å². The highest BCUT2D eigenvalue weighted by atomic mass is 16.5. The lowest BCUT2D eigenvalue weighted by atomic mass is 10.1. The lowest BCUT2D eigenvalue weighted by Gasteiger charge is -2.02. The summed E-state index contributed by atoms with van der Waals surface area (Å²) < 4.78 is 4.95. The molecule has 1 N–H and O–H groups in total. The monoisotopic (exact) mass is 189 g/mol. The maximum atomic E-state index is 11.5. The fourth-order valence-corrected chi connectivity index (χ4v) is 1.46. The Balaban J connectivity index is 2.50. The van der Waals surface area contributed by atoms with Crippen LogP contribution in [0.5, 0.6) is 0 Å². The van der Waals surface area contributed by atoms with Gasteiger partial charge in [-0.25, -0.2) is 4.79 Å². The molecule has 3 heteroatoms. The number of ether oxygens (including phenoxy) is 1. The number of carbonyl (C=O) groups excluding carboxylic acids is 1. The van der Waals surface area contributed by atoms with Crippen molar-refractivity contribution in [3.05, 3.63) is 36.0 Å². The van der Waals surface area contributed by atoms with Crippen molar-refractivity contribution in [2.45, 2.75) is 6.92 Å². The molecule has 0 unspecified atom stereocenters. The Bertz CT molecular complexity index is 459. The fourth-order valence-electron chi connectivity index (χ4n) is 1.46. The Morgan fingerprint density at radius 1 is 1.43 bits per heavy atom. The largest absolute Gasteiger partial charge is 0.462 e. The van der Waals surface area contributed by atoms with Crippen molar-refractivity contribution in [2.75, 3.05) is 6.61 Å². The van der Waals surface area contributed by atoms with Crippen LogP contribution in [0.4, 0.5) is 0 Å². The molecule has 0 aliphatic rings. The Morgan fingerprint density at radius 3 is 3.07 bits per heavy atom. The van der Waals surface area contributed by atoms with E-state index in [-0.39, 0.29) is 5.97 Å². The van der Waals surface area contributed by atoms with E-state index >= 15 is 0 Å². The van der Waals surface area contributed by atoms with Gasteiger partial charge in [0.15, 0.2) is 0 Å². The first-order chi connectivity index (χ1) is 6.83. The lowest BCUT2D eigenvalue weighted by Crippen LogP contribution is -2.04. The second-order valence-corrected chi connectivity index (χ2v) is 2.97. The van der Waals surface area contributed by atoms with Gasteiger partial charge in [0.05, 0.1) is 17.7 Å². The summed E-state index contributed by atoms with van der Waals surface area (Å²) in [6, 6.07) is 7.49. The smallest absolute Gasteiger partial charge is 0.340 e. The summed E-state index contributed by atoms with van der Waals surface area (Å²) in [7, 11) is 0. The van der Waals surface area contributed by atoms with Gasteiger partial charge >= 0.3 is 5.97 Å². The third kappa shape index (κ3) is 1.37. The summed E-state index contributed by atoms with van der Waals surface area (Å²) in [4.78, 5) is 14.5. The zero-order valence-electron chi connectivity index (χ0n) is 7.91. The number of rotatable bonds is 2. The van der Waals surface area contributed by atoms with E-state index in [0.29, 0.717) is 12.2 Å². The minimum atomic E-state index is -0.277. The van der Waals surface area contributed by atoms with E-state index in [1.807, 2.05) is 24.4 Å². The topological polar surface area (TPSA) is 42.1 Å². The van der Waals surface area contributed by atoms with E-state index in [1.165, 1.54) is 0 Å². The molecule has 0 aliphatic heterocycles. The molecule has 0 spiro atoms. The number of aromatic nitrogens is 1. The molecule has 0 saturated carbocycles. The van der Waals surface area contributed by atoms with Gasteiger partial charge in [-0.2, -0.15) is 0 Å². The number of hydrogen-bond acceptors (Lipinski definition) is 2. The van der Waals surface area contributed by atoms with Gasteiger partial charge in [-0.3, -0.25) is 0 Å². The molecule has 72 valence electrons. The van der Waals surface area contributed by atoms with Gasteiger partial charge in [-0.15, -0.1) is 0 Å². The Hall–Kier alpha value is -1.77. The zero-order chi connectivity index (χ0) is 9.97. The van der Waals surface area contributed by atoms with E-state index in [4.69, 9.17) is 4.74 Å². The number of carbonyl (C=O) groups is 1. The number of nitrogens with one attached hydrogen (secondary N) is 1. The molecule has 1 aromatic carbocycles. The molecule has 0 amide bonds. The van der Waals surface area contributed by atoms with Crippen molar-refractivity contribution in [1.29, 1.82) is 0 Å². The molecule has 2 rings (SSSR count). The molecular weight excluding hydrogens is 178 g/mol. The molecule has 1 aromatic heterocycles. The van der Waals surface area contributed by atoms with Gasteiger partial charge in [0.1, 0.15) is 0 Å². The van der Waals surface area contributed by atoms with Gasteiger partial charge < -0.3 is 9.72 Å². The lowest BCUT2D eigenvalue weighted by molar-refractivity contribution is 0.0528. The molecular formula is C11H11NO2. The maximum absolute atomic E-state index is 11.5. The van der Waals surface area contributed by atoms with E-state index in [2.05, 4.69) is 4.98 Å². The fraction of sp³-hybridized carbons (Fsp3) is 0.182. The number of para-hydroxylation sites is 1. The van der Waals surface area contributed by atoms with E-state index in [1.54, 1.807) is 13.0 Å². The second-order valence-electron chi connectivity index (χ2n) is 2.97. The molecule has 0 fully saturated rings. The van der Waals surface area contributed by atoms with Crippen LogP contribution in [0.1, 0.15) is 17.3 Å². The molecule has 2 aromatic rings. The minimum absolute atomic E-state index is 0.277. The predicted octanol–water partition coefficient (Wildman–Crippen LogP) is 2.34.